The topological polar surface area (TPSA) is 71.0 Å². The van der Waals surface area contributed by atoms with Gasteiger partial charge in [-0.3, -0.25) is 9.78 Å². The van der Waals surface area contributed by atoms with E-state index in [4.69, 9.17) is 0 Å². The molecule has 7 heteroatoms. The van der Waals surface area contributed by atoms with Gasteiger partial charge < -0.3 is 10.2 Å². The first-order valence-corrected chi connectivity index (χ1v) is 7.61. The minimum Gasteiger partial charge on any atom is -0.309 e. The fourth-order valence-electron chi connectivity index (χ4n) is 1.71. The number of carbonyl (C=O) groups excluding carboxylic acids is 1. The molecule has 0 saturated carbocycles. The number of hydrogen-bond acceptors (Lipinski definition) is 6. The van der Waals surface area contributed by atoms with Crippen LogP contribution in [-0.2, 0) is 17.6 Å². The number of nitrogens with zero attached hydrogens (tertiary/aromatic N) is 4. The summed E-state index contributed by atoms with van der Waals surface area (Å²) in [4.78, 5) is 17.9. The van der Waals surface area contributed by atoms with E-state index in [1.165, 1.54) is 11.3 Å². The SMILES string of the molecule is CN(C)CCc1nnc(NC(=O)CCc2ccncc2)s1. The Labute approximate surface area is 128 Å². The molecular weight excluding hydrogens is 286 g/mol. The molecule has 0 aliphatic rings. The summed E-state index contributed by atoms with van der Waals surface area (Å²) >= 11 is 1.43. The molecule has 1 amide bonds. The normalized spacial score (nSPS) is 10.8. The van der Waals surface area contributed by atoms with Gasteiger partial charge in [-0.25, -0.2) is 0 Å². The molecule has 21 heavy (non-hydrogen) atoms. The van der Waals surface area contributed by atoms with E-state index < -0.39 is 0 Å². The molecule has 0 bridgehead atoms. The molecule has 0 aliphatic carbocycles. The number of carbonyl (C=O) groups is 1. The second kappa shape index (κ2) is 7.80. The van der Waals surface area contributed by atoms with Gasteiger partial charge in [-0.1, -0.05) is 11.3 Å². The van der Waals surface area contributed by atoms with Gasteiger partial charge in [-0.05, 0) is 38.2 Å². The van der Waals surface area contributed by atoms with Crippen LogP contribution in [0.5, 0.6) is 0 Å². The zero-order valence-electron chi connectivity index (χ0n) is 12.2. The van der Waals surface area contributed by atoms with Crippen molar-refractivity contribution in [3.63, 3.8) is 0 Å². The highest BCUT2D eigenvalue weighted by Gasteiger charge is 2.08. The van der Waals surface area contributed by atoms with Crippen molar-refractivity contribution in [1.82, 2.24) is 20.1 Å². The summed E-state index contributed by atoms with van der Waals surface area (Å²) < 4.78 is 0. The van der Waals surface area contributed by atoms with Crippen LogP contribution >= 0.6 is 11.3 Å². The Bertz CT molecular complexity index is 570. The summed E-state index contributed by atoms with van der Waals surface area (Å²) in [5.74, 6) is -0.0397. The number of likely N-dealkylation sites (N-methyl/N-ethyl adjacent to an activating group) is 1. The molecule has 0 aliphatic heterocycles. The third-order valence-electron chi connectivity index (χ3n) is 2.88. The van der Waals surface area contributed by atoms with E-state index in [1.807, 2.05) is 26.2 Å². The van der Waals surface area contributed by atoms with Gasteiger partial charge in [0.1, 0.15) is 5.01 Å². The third kappa shape index (κ3) is 5.57. The monoisotopic (exact) mass is 305 g/mol. The van der Waals surface area contributed by atoms with Crippen LogP contribution in [0, 0.1) is 0 Å². The number of aryl methyl sites for hydroxylation is 1. The Hall–Kier alpha value is -1.86. The molecule has 0 atom stereocenters. The van der Waals surface area contributed by atoms with Crippen molar-refractivity contribution in [1.29, 1.82) is 0 Å². The predicted octanol–water partition coefficient (Wildman–Crippen LogP) is 1.61. The minimum absolute atomic E-state index is 0.0397. The van der Waals surface area contributed by atoms with Gasteiger partial charge in [-0.2, -0.15) is 0 Å². The first-order chi connectivity index (χ1) is 10.1. The van der Waals surface area contributed by atoms with E-state index in [1.54, 1.807) is 12.4 Å². The zero-order valence-corrected chi connectivity index (χ0v) is 13.1. The van der Waals surface area contributed by atoms with Crippen LogP contribution in [0.4, 0.5) is 5.13 Å². The van der Waals surface area contributed by atoms with Gasteiger partial charge >= 0.3 is 0 Å². The van der Waals surface area contributed by atoms with Crippen molar-refractivity contribution in [2.45, 2.75) is 19.3 Å². The molecule has 2 rings (SSSR count). The zero-order chi connectivity index (χ0) is 15.1. The second-order valence-corrected chi connectivity index (χ2v) is 6.02. The van der Waals surface area contributed by atoms with Crippen molar-refractivity contribution in [2.75, 3.05) is 26.0 Å². The lowest BCUT2D eigenvalue weighted by Crippen LogP contribution is -2.14. The summed E-state index contributed by atoms with van der Waals surface area (Å²) in [7, 11) is 4.03. The van der Waals surface area contributed by atoms with Crippen LogP contribution in [-0.4, -0.2) is 46.6 Å². The fourth-order valence-corrected chi connectivity index (χ4v) is 2.46. The largest absolute Gasteiger partial charge is 0.309 e. The van der Waals surface area contributed by atoms with Crippen LogP contribution in [0.3, 0.4) is 0 Å². The predicted molar refractivity (Wildman–Crippen MR) is 83.4 cm³/mol. The highest BCUT2D eigenvalue weighted by molar-refractivity contribution is 7.15. The average molecular weight is 305 g/mol. The standard InChI is InChI=1S/C14H19N5OS/c1-19(2)10-7-13-17-18-14(21-13)16-12(20)4-3-11-5-8-15-9-6-11/h5-6,8-9H,3-4,7,10H2,1-2H3,(H,16,18,20). The van der Waals surface area contributed by atoms with Gasteiger partial charge in [-0.15, -0.1) is 10.2 Å². The number of aromatic nitrogens is 3. The van der Waals surface area contributed by atoms with Gasteiger partial charge in [0.2, 0.25) is 11.0 Å². The molecule has 2 aromatic heterocycles. The lowest BCUT2D eigenvalue weighted by Gasteiger charge is -2.05. The Morgan fingerprint density at radius 3 is 2.71 bits per heavy atom. The molecule has 2 aromatic rings. The number of hydrogen-bond donors (Lipinski definition) is 1. The van der Waals surface area contributed by atoms with Gasteiger partial charge in [0.15, 0.2) is 0 Å². The molecule has 0 aromatic carbocycles. The molecular formula is C14H19N5OS. The maximum Gasteiger partial charge on any atom is 0.226 e. The number of nitrogens with one attached hydrogen (secondary N) is 1. The van der Waals surface area contributed by atoms with Crippen LogP contribution in [0.25, 0.3) is 0 Å². The fraction of sp³-hybridized carbons (Fsp3) is 0.429. The van der Waals surface area contributed by atoms with E-state index in [0.717, 1.165) is 23.5 Å². The van der Waals surface area contributed by atoms with Crippen molar-refractivity contribution in [3.05, 3.63) is 35.1 Å². The molecule has 2 heterocycles. The summed E-state index contributed by atoms with van der Waals surface area (Å²) in [5.41, 5.74) is 1.10. The third-order valence-corrected chi connectivity index (χ3v) is 3.77. The summed E-state index contributed by atoms with van der Waals surface area (Å²) in [6.45, 7) is 0.921. The van der Waals surface area contributed by atoms with Gasteiger partial charge in [0.25, 0.3) is 0 Å². The maximum absolute atomic E-state index is 11.9. The van der Waals surface area contributed by atoms with E-state index in [9.17, 15) is 4.79 Å². The Morgan fingerprint density at radius 1 is 1.24 bits per heavy atom. The second-order valence-electron chi connectivity index (χ2n) is 4.96. The molecule has 0 spiro atoms. The highest BCUT2D eigenvalue weighted by Crippen LogP contribution is 2.16. The van der Waals surface area contributed by atoms with Crippen LogP contribution in [0.2, 0.25) is 0 Å². The highest BCUT2D eigenvalue weighted by atomic mass is 32.1. The molecule has 0 fully saturated rings. The number of rotatable bonds is 7. The molecule has 0 saturated heterocycles. The van der Waals surface area contributed by atoms with Crippen LogP contribution < -0.4 is 5.32 Å². The summed E-state index contributed by atoms with van der Waals surface area (Å²) in [5, 5.41) is 12.4. The summed E-state index contributed by atoms with van der Waals surface area (Å²) in [6.07, 6.45) is 5.43. The number of anilines is 1. The number of pyridine rings is 1. The molecule has 112 valence electrons. The van der Waals surface area contributed by atoms with Crippen molar-refractivity contribution in [2.24, 2.45) is 0 Å². The van der Waals surface area contributed by atoms with Crippen LogP contribution in [0.15, 0.2) is 24.5 Å². The van der Waals surface area contributed by atoms with E-state index in [-0.39, 0.29) is 5.91 Å². The van der Waals surface area contributed by atoms with E-state index in [2.05, 4.69) is 25.4 Å². The Kier molecular flexibility index (Phi) is 5.77. The molecule has 6 nitrogen and oxygen atoms in total. The molecule has 0 radical (unpaired) electrons. The van der Waals surface area contributed by atoms with E-state index in [0.29, 0.717) is 18.0 Å². The summed E-state index contributed by atoms with van der Waals surface area (Å²) in [6, 6.07) is 3.83. The van der Waals surface area contributed by atoms with E-state index >= 15 is 0 Å². The molecule has 1 N–H and O–H groups in total. The van der Waals surface area contributed by atoms with Crippen molar-refractivity contribution in [3.8, 4) is 0 Å². The quantitative estimate of drug-likeness (QED) is 0.841. The van der Waals surface area contributed by atoms with Gasteiger partial charge in [0.05, 0.1) is 0 Å². The minimum atomic E-state index is -0.0397. The first kappa shape index (κ1) is 15.5. The lowest BCUT2D eigenvalue weighted by molar-refractivity contribution is -0.116. The first-order valence-electron chi connectivity index (χ1n) is 6.79. The van der Waals surface area contributed by atoms with Crippen molar-refractivity contribution < 1.29 is 4.79 Å². The van der Waals surface area contributed by atoms with Crippen molar-refractivity contribution >= 4 is 22.4 Å². The molecule has 0 unspecified atom stereocenters. The van der Waals surface area contributed by atoms with Crippen LogP contribution in [0.1, 0.15) is 17.0 Å². The Balaban J connectivity index is 1.77. The Morgan fingerprint density at radius 2 is 2.00 bits per heavy atom. The lowest BCUT2D eigenvalue weighted by atomic mass is 10.1. The average Bonchev–Trinajstić information content (AvgIpc) is 2.91. The van der Waals surface area contributed by atoms with Gasteiger partial charge in [0, 0.05) is 31.8 Å². The smallest absolute Gasteiger partial charge is 0.226 e. The number of amides is 1. The maximum atomic E-state index is 11.9.